The Hall–Kier alpha value is -1.92. The number of benzene rings is 1. The summed E-state index contributed by atoms with van der Waals surface area (Å²) in [4.78, 5) is 23.8. The van der Waals surface area contributed by atoms with E-state index in [1.54, 1.807) is 30.8 Å². The van der Waals surface area contributed by atoms with E-state index in [0.29, 0.717) is 17.1 Å². The largest absolute Gasteiger partial charge is 0.497 e. The quantitative estimate of drug-likeness (QED) is 0.390. The van der Waals surface area contributed by atoms with Crippen molar-refractivity contribution in [3.63, 3.8) is 0 Å². The van der Waals surface area contributed by atoms with Crippen LogP contribution >= 0.6 is 23.1 Å². The number of ether oxygens (including phenoxy) is 1. The number of thiophene rings is 1. The maximum absolute atomic E-state index is 12.5. The normalized spacial score (nSPS) is 13.2. The number of aromatic nitrogens is 2. The molecule has 0 bridgehead atoms. The summed E-state index contributed by atoms with van der Waals surface area (Å²) in [7, 11) is 1.60. The molecule has 0 saturated heterocycles. The molecule has 0 unspecified atom stereocenters. The lowest BCUT2D eigenvalue weighted by atomic mass is 10.1. The molecule has 1 aliphatic carbocycles. The molecule has 122 valence electrons. The summed E-state index contributed by atoms with van der Waals surface area (Å²) in [6.45, 7) is 0. The third-order valence-corrected chi connectivity index (χ3v) is 6.39. The molecule has 1 aliphatic rings. The van der Waals surface area contributed by atoms with Crippen LogP contribution in [-0.2, 0) is 12.8 Å². The highest BCUT2D eigenvalue weighted by Gasteiger charge is 2.21. The highest BCUT2D eigenvalue weighted by molar-refractivity contribution is 8.00. The number of ketones is 1. The van der Waals surface area contributed by atoms with Crippen LogP contribution in [0.4, 0.5) is 0 Å². The number of fused-ring (bicyclic) bond motifs is 3. The first-order chi connectivity index (χ1) is 11.8. The van der Waals surface area contributed by atoms with Crippen molar-refractivity contribution in [2.45, 2.75) is 24.3 Å². The second kappa shape index (κ2) is 6.53. The molecule has 0 saturated carbocycles. The molecule has 2 heterocycles. The van der Waals surface area contributed by atoms with Gasteiger partial charge in [-0.2, -0.15) is 0 Å². The van der Waals surface area contributed by atoms with Crippen molar-refractivity contribution in [3.8, 4) is 5.75 Å². The highest BCUT2D eigenvalue weighted by atomic mass is 32.2. The average molecular weight is 356 g/mol. The molecule has 0 spiro atoms. The summed E-state index contributed by atoms with van der Waals surface area (Å²) < 4.78 is 5.19. The van der Waals surface area contributed by atoms with Gasteiger partial charge in [0.15, 0.2) is 5.78 Å². The number of thioether (sulfide) groups is 1. The molecule has 0 N–H and O–H groups in total. The van der Waals surface area contributed by atoms with E-state index in [1.807, 2.05) is 18.2 Å². The van der Waals surface area contributed by atoms with Crippen LogP contribution in [0.5, 0.6) is 5.75 Å². The van der Waals surface area contributed by atoms with Crippen molar-refractivity contribution >= 4 is 39.1 Å². The van der Waals surface area contributed by atoms with Crippen LogP contribution in [0.2, 0.25) is 0 Å². The Morgan fingerprint density at radius 1 is 1.33 bits per heavy atom. The van der Waals surface area contributed by atoms with E-state index in [0.717, 1.165) is 22.7 Å². The number of methoxy groups -OCH3 is 1. The van der Waals surface area contributed by atoms with Gasteiger partial charge in [0.2, 0.25) is 0 Å². The first-order valence-electron chi connectivity index (χ1n) is 7.81. The molecule has 0 radical (unpaired) electrons. The maximum atomic E-state index is 12.5. The monoisotopic (exact) mass is 356 g/mol. The van der Waals surface area contributed by atoms with Crippen LogP contribution < -0.4 is 4.74 Å². The van der Waals surface area contributed by atoms with E-state index in [-0.39, 0.29) is 5.78 Å². The molecule has 1 aromatic carbocycles. The standard InChI is InChI=1S/C18H16N2O2S2/c1-22-12-5-2-4-11(8-12)14(21)9-23-17-16-13-6-3-7-15(13)24-18(16)20-10-19-17/h2,4-5,8,10H,3,6-7,9H2,1H3. The Kier molecular flexibility index (Phi) is 4.24. The molecule has 0 atom stereocenters. The lowest BCUT2D eigenvalue weighted by Crippen LogP contribution is -2.03. The van der Waals surface area contributed by atoms with Gasteiger partial charge in [0.1, 0.15) is 21.9 Å². The zero-order chi connectivity index (χ0) is 16.5. The minimum absolute atomic E-state index is 0.0811. The van der Waals surface area contributed by atoms with Crippen molar-refractivity contribution in [1.29, 1.82) is 0 Å². The van der Waals surface area contributed by atoms with E-state index in [4.69, 9.17) is 4.74 Å². The maximum Gasteiger partial charge on any atom is 0.173 e. The van der Waals surface area contributed by atoms with Crippen LogP contribution in [0.1, 0.15) is 27.2 Å². The Morgan fingerprint density at radius 2 is 2.25 bits per heavy atom. The molecule has 0 aliphatic heterocycles. The lowest BCUT2D eigenvalue weighted by Gasteiger charge is -2.05. The summed E-state index contributed by atoms with van der Waals surface area (Å²) in [6, 6.07) is 7.28. The molecule has 6 heteroatoms. The number of carbonyl (C=O) groups excluding carboxylic acids is 1. The van der Waals surface area contributed by atoms with Crippen LogP contribution in [0, 0.1) is 0 Å². The molecule has 4 rings (SSSR count). The van der Waals surface area contributed by atoms with Crippen LogP contribution in [0.25, 0.3) is 10.2 Å². The van der Waals surface area contributed by atoms with E-state index in [9.17, 15) is 4.79 Å². The van der Waals surface area contributed by atoms with E-state index in [1.165, 1.54) is 34.0 Å². The van der Waals surface area contributed by atoms with Gasteiger partial charge in [0, 0.05) is 15.8 Å². The highest BCUT2D eigenvalue weighted by Crippen LogP contribution is 2.40. The Labute approximate surface area is 148 Å². The molecule has 24 heavy (non-hydrogen) atoms. The fraction of sp³-hybridized carbons (Fsp3) is 0.278. The minimum atomic E-state index is 0.0811. The zero-order valence-corrected chi connectivity index (χ0v) is 14.9. The van der Waals surface area contributed by atoms with Crippen molar-refractivity contribution in [1.82, 2.24) is 9.97 Å². The van der Waals surface area contributed by atoms with Crippen LogP contribution in [0.3, 0.4) is 0 Å². The molecule has 0 fully saturated rings. The first kappa shape index (κ1) is 15.6. The predicted molar refractivity (Wildman–Crippen MR) is 97.5 cm³/mol. The SMILES string of the molecule is COc1cccc(C(=O)CSc2ncnc3sc4c(c23)CCC4)c1. The second-order valence-corrected chi connectivity index (χ2v) is 7.71. The third-order valence-electron chi connectivity index (χ3n) is 4.20. The van der Waals surface area contributed by atoms with Crippen LogP contribution in [0.15, 0.2) is 35.6 Å². The van der Waals surface area contributed by atoms with Gasteiger partial charge in [0.25, 0.3) is 0 Å². The van der Waals surface area contributed by atoms with Gasteiger partial charge >= 0.3 is 0 Å². The lowest BCUT2D eigenvalue weighted by molar-refractivity contribution is 0.102. The van der Waals surface area contributed by atoms with Gasteiger partial charge in [-0.1, -0.05) is 23.9 Å². The number of hydrogen-bond donors (Lipinski definition) is 0. The Morgan fingerprint density at radius 3 is 3.12 bits per heavy atom. The second-order valence-electron chi connectivity index (χ2n) is 5.66. The number of hydrogen-bond acceptors (Lipinski definition) is 6. The van der Waals surface area contributed by atoms with Gasteiger partial charge in [0.05, 0.1) is 12.9 Å². The number of carbonyl (C=O) groups is 1. The summed E-state index contributed by atoms with van der Waals surface area (Å²) in [5.41, 5.74) is 2.06. The summed E-state index contributed by atoms with van der Waals surface area (Å²) in [6.07, 6.45) is 5.05. The summed E-state index contributed by atoms with van der Waals surface area (Å²) >= 11 is 3.27. The molecule has 3 aromatic rings. The minimum Gasteiger partial charge on any atom is -0.497 e. The number of rotatable bonds is 5. The zero-order valence-electron chi connectivity index (χ0n) is 13.2. The van der Waals surface area contributed by atoms with E-state index < -0.39 is 0 Å². The third kappa shape index (κ3) is 2.80. The molecule has 0 amide bonds. The summed E-state index contributed by atoms with van der Waals surface area (Å²) in [5, 5.41) is 2.09. The number of Topliss-reactive ketones (excluding diaryl/α,β-unsaturated/α-hetero) is 1. The average Bonchev–Trinajstić information content (AvgIpc) is 3.20. The van der Waals surface area contributed by atoms with Gasteiger partial charge in [-0.05, 0) is 37.0 Å². The molecule has 2 aromatic heterocycles. The first-order valence-corrected chi connectivity index (χ1v) is 9.62. The van der Waals surface area contributed by atoms with Crippen molar-refractivity contribution in [2.24, 2.45) is 0 Å². The predicted octanol–water partition coefficient (Wildman–Crippen LogP) is 4.16. The van der Waals surface area contributed by atoms with Gasteiger partial charge in [-0.3, -0.25) is 4.79 Å². The van der Waals surface area contributed by atoms with Gasteiger partial charge in [-0.25, -0.2) is 9.97 Å². The number of nitrogens with zero attached hydrogens (tertiary/aromatic N) is 2. The van der Waals surface area contributed by atoms with E-state index >= 15 is 0 Å². The fourth-order valence-electron chi connectivity index (χ4n) is 3.02. The van der Waals surface area contributed by atoms with Crippen molar-refractivity contribution in [3.05, 3.63) is 46.6 Å². The fourth-order valence-corrected chi connectivity index (χ4v) is 5.24. The molecular weight excluding hydrogens is 340 g/mol. The Balaban J connectivity index is 1.57. The molecular formula is C18H16N2O2S2. The van der Waals surface area contributed by atoms with Crippen molar-refractivity contribution in [2.75, 3.05) is 12.9 Å². The van der Waals surface area contributed by atoms with Crippen LogP contribution in [-0.4, -0.2) is 28.6 Å². The molecule has 4 nitrogen and oxygen atoms in total. The summed E-state index contributed by atoms with van der Waals surface area (Å²) in [5.74, 6) is 1.15. The van der Waals surface area contributed by atoms with Gasteiger partial charge < -0.3 is 4.74 Å². The van der Waals surface area contributed by atoms with E-state index in [2.05, 4.69) is 9.97 Å². The smallest absolute Gasteiger partial charge is 0.173 e. The van der Waals surface area contributed by atoms with Crippen molar-refractivity contribution < 1.29 is 9.53 Å². The van der Waals surface area contributed by atoms with Gasteiger partial charge in [-0.15, -0.1) is 11.3 Å². The topological polar surface area (TPSA) is 52.1 Å². The Bertz CT molecular complexity index is 921. The number of aryl methyl sites for hydroxylation is 2.